The van der Waals surface area contributed by atoms with Crippen molar-refractivity contribution in [2.75, 3.05) is 0 Å². The van der Waals surface area contributed by atoms with E-state index in [1.807, 2.05) is 0 Å². The Balaban J connectivity index is 0.000001000. The van der Waals surface area contributed by atoms with E-state index in [4.69, 9.17) is 5.11 Å². The molecular formula is C7H5FO2Y. The molecule has 0 aliphatic carbocycles. The van der Waals surface area contributed by atoms with Crippen molar-refractivity contribution in [1.82, 2.24) is 0 Å². The quantitative estimate of drug-likeness (QED) is 0.792. The van der Waals surface area contributed by atoms with Crippen molar-refractivity contribution in [3.05, 3.63) is 35.6 Å². The first-order chi connectivity index (χ1) is 4.70. The third-order valence-electron chi connectivity index (χ3n) is 1.09. The predicted molar refractivity (Wildman–Crippen MR) is 33.4 cm³/mol. The molecule has 0 unspecified atom stereocenters. The normalized spacial score (nSPS) is 8.45. The van der Waals surface area contributed by atoms with Crippen molar-refractivity contribution in [3.63, 3.8) is 0 Å². The molecule has 4 heteroatoms. The Morgan fingerprint density at radius 3 is 2.09 bits per heavy atom. The first-order valence-corrected chi connectivity index (χ1v) is 2.69. The van der Waals surface area contributed by atoms with E-state index in [2.05, 4.69) is 0 Å². The van der Waals surface area contributed by atoms with Crippen LogP contribution in [0.4, 0.5) is 4.39 Å². The monoisotopic (exact) mass is 229 g/mol. The summed E-state index contributed by atoms with van der Waals surface area (Å²) >= 11 is 0. The molecule has 0 aliphatic rings. The first-order valence-electron chi connectivity index (χ1n) is 2.69. The minimum Gasteiger partial charge on any atom is -0.478 e. The molecule has 0 amide bonds. The molecule has 1 radical (unpaired) electrons. The SMILES string of the molecule is O=C(O)c1ccc(F)cc1.[Y]. The van der Waals surface area contributed by atoms with E-state index < -0.39 is 11.8 Å². The summed E-state index contributed by atoms with van der Waals surface area (Å²) in [6.07, 6.45) is 0. The third kappa shape index (κ3) is 3.08. The number of hydrogen-bond acceptors (Lipinski definition) is 1. The van der Waals surface area contributed by atoms with Crippen LogP contribution in [0.25, 0.3) is 0 Å². The van der Waals surface area contributed by atoms with Gasteiger partial charge in [-0.1, -0.05) is 0 Å². The molecule has 2 nitrogen and oxygen atoms in total. The van der Waals surface area contributed by atoms with Crippen LogP contribution in [0.3, 0.4) is 0 Å². The van der Waals surface area contributed by atoms with Gasteiger partial charge in [-0.3, -0.25) is 0 Å². The van der Waals surface area contributed by atoms with Crippen LogP contribution >= 0.6 is 0 Å². The van der Waals surface area contributed by atoms with Crippen LogP contribution in [0.5, 0.6) is 0 Å². The molecule has 1 rings (SSSR count). The minimum atomic E-state index is -1.04. The zero-order valence-electron chi connectivity index (χ0n) is 5.62. The Morgan fingerprint density at radius 2 is 1.73 bits per heavy atom. The van der Waals surface area contributed by atoms with Gasteiger partial charge in [-0.2, -0.15) is 0 Å². The van der Waals surface area contributed by atoms with Crippen LogP contribution in [0.2, 0.25) is 0 Å². The smallest absolute Gasteiger partial charge is 0.335 e. The van der Waals surface area contributed by atoms with Crippen LogP contribution in [-0.2, 0) is 32.7 Å². The maximum atomic E-state index is 12.2. The van der Waals surface area contributed by atoms with Crippen molar-refractivity contribution >= 4 is 5.97 Å². The molecule has 1 aromatic carbocycles. The Labute approximate surface area is 88.3 Å². The van der Waals surface area contributed by atoms with Gasteiger partial charge in [0.2, 0.25) is 0 Å². The van der Waals surface area contributed by atoms with Crippen LogP contribution in [0, 0.1) is 5.82 Å². The molecule has 0 aliphatic heterocycles. The average molecular weight is 229 g/mol. The molecule has 11 heavy (non-hydrogen) atoms. The van der Waals surface area contributed by atoms with Crippen molar-refractivity contribution < 1.29 is 47.0 Å². The standard InChI is InChI=1S/C7H5FO2.Y/c8-6-3-1-5(2-4-6)7(9)10;/h1-4H,(H,9,10);. The molecule has 0 spiro atoms. The van der Waals surface area contributed by atoms with Gasteiger partial charge >= 0.3 is 5.97 Å². The molecule has 0 saturated heterocycles. The Morgan fingerprint density at radius 1 is 1.27 bits per heavy atom. The largest absolute Gasteiger partial charge is 0.478 e. The Hall–Kier alpha value is -0.276. The molecular weight excluding hydrogens is 224 g/mol. The zero-order chi connectivity index (χ0) is 7.56. The minimum absolute atomic E-state index is 0. The summed E-state index contributed by atoms with van der Waals surface area (Å²) in [7, 11) is 0. The van der Waals surface area contributed by atoms with Gasteiger partial charge in [0.25, 0.3) is 0 Å². The Kier molecular flexibility index (Phi) is 4.46. The van der Waals surface area contributed by atoms with E-state index in [-0.39, 0.29) is 38.3 Å². The number of hydrogen-bond donors (Lipinski definition) is 1. The molecule has 1 N–H and O–H groups in total. The fourth-order valence-electron chi connectivity index (χ4n) is 0.592. The van der Waals surface area contributed by atoms with Gasteiger partial charge in [0.15, 0.2) is 0 Å². The van der Waals surface area contributed by atoms with Crippen LogP contribution in [0.15, 0.2) is 24.3 Å². The molecule has 0 bridgehead atoms. The average Bonchev–Trinajstić information content (AvgIpc) is 1.88. The number of carbonyl (C=O) groups is 1. The second-order valence-electron chi connectivity index (χ2n) is 1.81. The topological polar surface area (TPSA) is 37.3 Å². The summed E-state index contributed by atoms with van der Waals surface area (Å²) in [5.41, 5.74) is 0.0985. The number of halogens is 1. The number of benzene rings is 1. The van der Waals surface area contributed by atoms with E-state index in [1.54, 1.807) is 0 Å². The molecule has 0 aromatic heterocycles. The van der Waals surface area contributed by atoms with Crippen molar-refractivity contribution in [3.8, 4) is 0 Å². The maximum absolute atomic E-state index is 12.2. The van der Waals surface area contributed by atoms with Gasteiger partial charge in [-0.25, -0.2) is 9.18 Å². The molecule has 0 atom stereocenters. The number of aromatic carboxylic acids is 1. The number of rotatable bonds is 1. The Bertz CT molecular complexity index is 245. The van der Waals surface area contributed by atoms with E-state index in [0.717, 1.165) is 12.1 Å². The van der Waals surface area contributed by atoms with Gasteiger partial charge in [-0.15, -0.1) is 0 Å². The van der Waals surface area contributed by atoms with E-state index in [9.17, 15) is 9.18 Å². The van der Waals surface area contributed by atoms with Crippen molar-refractivity contribution in [2.45, 2.75) is 0 Å². The summed E-state index contributed by atoms with van der Waals surface area (Å²) < 4.78 is 12.2. The van der Waals surface area contributed by atoms with E-state index >= 15 is 0 Å². The summed E-state index contributed by atoms with van der Waals surface area (Å²) in [5, 5.41) is 8.35. The number of carboxylic acid groups (broad SMARTS) is 1. The van der Waals surface area contributed by atoms with Crippen LogP contribution in [0.1, 0.15) is 10.4 Å². The second-order valence-corrected chi connectivity index (χ2v) is 1.81. The molecule has 0 fully saturated rings. The maximum Gasteiger partial charge on any atom is 0.335 e. The van der Waals surface area contributed by atoms with Gasteiger partial charge in [0.1, 0.15) is 5.82 Å². The van der Waals surface area contributed by atoms with Gasteiger partial charge in [0.05, 0.1) is 5.56 Å². The summed E-state index contributed by atoms with van der Waals surface area (Å²) in [6.45, 7) is 0. The van der Waals surface area contributed by atoms with Gasteiger partial charge in [0, 0.05) is 32.7 Å². The van der Waals surface area contributed by atoms with Gasteiger partial charge < -0.3 is 5.11 Å². The summed E-state index contributed by atoms with van der Waals surface area (Å²) in [6, 6.07) is 4.67. The molecule has 0 heterocycles. The molecule has 55 valence electrons. The second kappa shape index (κ2) is 4.57. The van der Waals surface area contributed by atoms with Crippen molar-refractivity contribution in [1.29, 1.82) is 0 Å². The van der Waals surface area contributed by atoms with Gasteiger partial charge in [-0.05, 0) is 24.3 Å². The number of carboxylic acids is 1. The van der Waals surface area contributed by atoms with Crippen molar-refractivity contribution in [2.24, 2.45) is 0 Å². The van der Waals surface area contributed by atoms with E-state index in [1.165, 1.54) is 12.1 Å². The van der Waals surface area contributed by atoms with Crippen LogP contribution in [-0.4, -0.2) is 11.1 Å². The summed E-state index contributed by atoms with van der Waals surface area (Å²) in [4.78, 5) is 10.2. The zero-order valence-corrected chi connectivity index (χ0v) is 8.46. The first kappa shape index (κ1) is 10.7. The van der Waals surface area contributed by atoms with Crippen LogP contribution < -0.4 is 0 Å². The molecule has 1 aromatic rings. The molecule has 0 saturated carbocycles. The fourth-order valence-corrected chi connectivity index (χ4v) is 0.592. The summed E-state index contributed by atoms with van der Waals surface area (Å²) in [5.74, 6) is -1.47. The third-order valence-corrected chi connectivity index (χ3v) is 1.09. The fraction of sp³-hybridized carbons (Fsp3) is 0. The van der Waals surface area contributed by atoms with E-state index in [0.29, 0.717) is 0 Å². The predicted octanol–water partition coefficient (Wildman–Crippen LogP) is 1.52.